The molecule has 3 aliphatic rings. The number of ketones is 2. The maximum Gasteiger partial charge on any atom is 0.311 e. The number of phenolic OH excluding ortho intramolecular Hbond substituents is 1. The van der Waals surface area contributed by atoms with Gasteiger partial charge in [-0.15, -0.1) is 0 Å². The molecule has 0 aliphatic heterocycles. The van der Waals surface area contributed by atoms with Gasteiger partial charge in [0.25, 0.3) is 5.91 Å². The van der Waals surface area contributed by atoms with E-state index in [2.05, 4.69) is 0 Å². The number of aromatic hydroxyl groups is 1. The van der Waals surface area contributed by atoms with Gasteiger partial charge in [-0.2, -0.15) is 0 Å². The fourth-order valence-corrected chi connectivity index (χ4v) is 5.13. The Morgan fingerprint density at radius 1 is 1.25 bits per heavy atom. The first-order valence-corrected chi connectivity index (χ1v) is 9.51. The van der Waals surface area contributed by atoms with Crippen LogP contribution in [-0.4, -0.2) is 59.6 Å². The van der Waals surface area contributed by atoms with Gasteiger partial charge in [0.1, 0.15) is 17.1 Å². The highest BCUT2D eigenvalue weighted by Crippen LogP contribution is 2.56. The summed E-state index contributed by atoms with van der Waals surface area (Å²) in [5.41, 5.74) is -0.431. The number of amides is 1. The Labute approximate surface area is 179 Å². The lowest BCUT2D eigenvalue weighted by atomic mass is 9.55. The molecule has 32 heavy (non-hydrogen) atoms. The topological polar surface area (TPSA) is 222 Å². The normalized spacial score (nSPS) is 31.7. The third-order valence-corrected chi connectivity index (χ3v) is 6.68. The van der Waals surface area contributed by atoms with Crippen molar-refractivity contribution >= 4 is 28.9 Å². The Kier molecular flexibility index (Phi) is 4.43. The van der Waals surface area contributed by atoms with E-state index >= 15 is 0 Å². The minimum Gasteiger partial charge on any atom is -0.508 e. The SMILES string of the molecule is C[C@@H]1c2ccc([N+](=O)[O-])c(O)c2C(O)=C2C(=O)[C@]3(O)C(O)=C(C(N)=O)C(=O)C[C@@H]3[C@@H](O)[C@@H]21. The Morgan fingerprint density at radius 2 is 1.88 bits per heavy atom. The van der Waals surface area contributed by atoms with Gasteiger partial charge in [-0.25, -0.2) is 0 Å². The lowest BCUT2D eigenvalue weighted by Crippen LogP contribution is -2.63. The van der Waals surface area contributed by atoms with Crippen LogP contribution in [0.3, 0.4) is 0 Å². The molecule has 5 atom stereocenters. The Bertz CT molecular complexity index is 1200. The third kappa shape index (κ3) is 2.41. The van der Waals surface area contributed by atoms with Crippen molar-refractivity contribution < 1.29 is 44.8 Å². The van der Waals surface area contributed by atoms with Gasteiger partial charge in [0.2, 0.25) is 11.5 Å². The van der Waals surface area contributed by atoms with Gasteiger partial charge in [0.05, 0.1) is 16.6 Å². The Morgan fingerprint density at radius 3 is 2.44 bits per heavy atom. The summed E-state index contributed by atoms with van der Waals surface area (Å²) in [7, 11) is 0. The number of primary amides is 1. The van der Waals surface area contributed by atoms with Crippen LogP contribution in [0.1, 0.15) is 30.4 Å². The van der Waals surface area contributed by atoms with Crippen molar-refractivity contribution in [3.63, 3.8) is 0 Å². The second-order valence-electron chi connectivity index (χ2n) is 8.14. The first-order chi connectivity index (χ1) is 14.8. The van der Waals surface area contributed by atoms with E-state index in [1.807, 2.05) is 0 Å². The zero-order chi connectivity index (χ0) is 23.9. The number of aliphatic hydroxyl groups is 4. The van der Waals surface area contributed by atoms with Gasteiger partial charge in [-0.3, -0.25) is 24.5 Å². The van der Waals surface area contributed by atoms with Gasteiger partial charge in [-0.1, -0.05) is 13.0 Å². The minimum atomic E-state index is -2.95. The number of carbonyl (C=O) groups is 3. The molecule has 4 rings (SSSR count). The Balaban J connectivity index is 2.03. The first-order valence-electron chi connectivity index (χ1n) is 9.51. The molecule has 0 unspecified atom stereocenters. The number of nitro groups is 1. The molecule has 1 fully saturated rings. The summed E-state index contributed by atoms with van der Waals surface area (Å²) in [5, 5.41) is 65.1. The number of nitrogens with two attached hydrogens (primary N) is 1. The van der Waals surface area contributed by atoms with Crippen molar-refractivity contribution in [1.82, 2.24) is 0 Å². The monoisotopic (exact) mass is 446 g/mol. The predicted molar refractivity (Wildman–Crippen MR) is 104 cm³/mol. The molecular weight excluding hydrogens is 428 g/mol. The zero-order valence-corrected chi connectivity index (χ0v) is 16.5. The molecule has 1 aromatic rings. The maximum atomic E-state index is 13.4. The predicted octanol–water partition coefficient (Wildman–Crippen LogP) is -0.136. The number of carbonyl (C=O) groups excluding carboxylic acids is 3. The highest BCUT2D eigenvalue weighted by atomic mass is 16.6. The summed E-state index contributed by atoms with van der Waals surface area (Å²) in [6, 6.07) is 2.27. The van der Waals surface area contributed by atoms with Crippen LogP contribution in [0.5, 0.6) is 5.75 Å². The van der Waals surface area contributed by atoms with Crippen LogP contribution < -0.4 is 5.73 Å². The molecule has 168 valence electrons. The lowest BCUT2D eigenvalue weighted by molar-refractivity contribution is -0.385. The highest BCUT2D eigenvalue weighted by molar-refractivity contribution is 6.23. The number of aliphatic hydroxyl groups excluding tert-OH is 3. The van der Waals surface area contributed by atoms with E-state index < -0.39 is 97.9 Å². The molecular formula is C20H18N2O10. The largest absolute Gasteiger partial charge is 0.508 e. The lowest BCUT2D eigenvalue weighted by Gasteiger charge is -2.50. The fraction of sp³-hybridized carbons (Fsp3) is 0.350. The van der Waals surface area contributed by atoms with E-state index in [1.54, 1.807) is 0 Å². The molecule has 12 nitrogen and oxygen atoms in total. The van der Waals surface area contributed by atoms with Crippen LogP contribution >= 0.6 is 0 Å². The standard InChI is InChI=1S/C20H18N2O10/c1-5-6-2-3-8(22(31)32)15(25)11(6)16(26)13-10(5)14(24)7-4-9(23)12(19(21)29)17(27)20(7,30)18(13)28/h2-3,5,7,10,14,24-27,30H,4H2,1H3,(H2,21,29)/t5-,7-,10-,14-,20-/m1/s1. The highest BCUT2D eigenvalue weighted by Gasteiger charge is 2.65. The van der Waals surface area contributed by atoms with Crippen LogP contribution in [0.15, 0.2) is 29.0 Å². The zero-order valence-electron chi connectivity index (χ0n) is 16.5. The molecule has 0 spiro atoms. The summed E-state index contributed by atoms with van der Waals surface area (Å²) in [6.45, 7) is 1.53. The minimum absolute atomic E-state index is 0.191. The number of rotatable bonds is 2. The van der Waals surface area contributed by atoms with E-state index in [0.717, 1.165) is 6.07 Å². The van der Waals surface area contributed by atoms with Crippen LogP contribution in [0, 0.1) is 22.0 Å². The fourth-order valence-electron chi connectivity index (χ4n) is 5.13. The maximum absolute atomic E-state index is 13.4. The number of hydrogen-bond acceptors (Lipinski definition) is 10. The van der Waals surface area contributed by atoms with Crippen molar-refractivity contribution in [3.05, 3.63) is 50.3 Å². The number of benzene rings is 1. The molecule has 1 aromatic carbocycles. The van der Waals surface area contributed by atoms with Crippen LogP contribution in [0.4, 0.5) is 5.69 Å². The van der Waals surface area contributed by atoms with Gasteiger partial charge < -0.3 is 31.3 Å². The first kappa shape index (κ1) is 21.5. The number of Topliss-reactive ketones (excluding diaryl/α,β-unsaturated/α-hetero) is 2. The summed E-state index contributed by atoms with van der Waals surface area (Å²) in [6.07, 6.45) is -2.34. The Hall–Kier alpha value is -3.77. The summed E-state index contributed by atoms with van der Waals surface area (Å²) in [5.74, 6) is -10.4. The van der Waals surface area contributed by atoms with Gasteiger partial charge in [0, 0.05) is 29.9 Å². The quantitative estimate of drug-likeness (QED) is 0.200. The summed E-state index contributed by atoms with van der Waals surface area (Å²) >= 11 is 0. The van der Waals surface area contributed by atoms with E-state index in [9.17, 15) is 50.0 Å². The van der Waals surface area contributed by atoms with Crippen molar-refractivity contribution in [2.75, 3.05) is 0 Å². The van der Waals surface area contributed by atoms with Crippen molar-refractivity contribution in [2.45, 2.75) is 31.0 Å². The second-order valence-corrected chi connectivity index (χ2v) is 8.14. The van der Waals surface area contributed by atoms with E-state index in [4.69, 9.17) is 5.73 Å². The average Bonchev–Trinajstić information content (AvgIpc) is 2.70. The van der Waals surface area contributed by atoms with Crippen LogP contribution in [0.25, 0.3) is 5.76 Å². The molecule has 0 saturated heterocycles. The number of phenols is 1. The summed E-state index contributed by atoms with van der Waals surface area (Å²) in [4.78, 5) is 47.7. The van der Waals surface area contributed by atoms with Crippen LogP contribution in [-0.2, 0) is 14.4 Å². The van der Waals surface area contributed by atoms with E-state index in [-0.39, 0.29) is 5.56 Å². The van der Waals surface area contributed by atoms with Gasteiger partial charge in [-0.05, 0) is 11.5 Å². The van der Waals surface area contributed by atoms with Gasteiger partial charge >= 0.3 is 5.69 Å². The van der Waals surface area contributed by atoms with E-state index in [1.165, 1.54) is 13.0 Å². The molecule has 0 bridgehead atoms. The number of hydrogen-bond donors (Lipinski definition) is 6. The van der Waals surface area contributed by atoms with Crippen molar-refractivity contribution in [1.29, 1.82) is 0 Å². The number of nitrogens with zero attached hydrogens (tertiary/aromatic N) is 1. The summed E-state index contributed by atoms with van der Waals surface area (Å²) < 4.78 is 0. The molecule has 0 heterocycles. The molecule has 1 saturated carbocycles. The van der Waals surface area contributed by atoms with Crippen molar-refractivity contribution in [2.24, 2.45) is 17.6 Å². The van der Waals surface area contributed by atoms with Gasteiger partial charge in [0.15, 0.2) is 11.4 Å². The smallest absolute Gasteiger partial charge is 0.311 e. The van der Waals surface area contributed by atoms with Crippen molar-refractivity contribution in [3.8, 4) is 5.75 Å². The molecule has 1 amide bonds. The molecule has 0 aromatic heterocycles. The molecule has 3 aliphatic carbocycles. The second kappa shape index (κ2) is 6.61. The number of fused-ring (bicyclic) bond motifs is 3. The molecule has 12 heteroatoms. The molecule has 0 radical (unpaired) electrons. The van der Waals surface area contributed by atoms with Crippen LogP contribution in [0.2, 0.25) is 0 Å². The molecule has 7 N–H and O–H groups in total. The number of nitro benzene ring substituents is 1. The average molecular weight is 446 g/mol. The van der Waals surface area contributed by atoms with E-state index in [0.29, 0.717) is 0 Å². The third-order valence-electron chi connectivity index (χ3n) is 6.68.